The van der Waals surface area contributed by atoms with Crippen LogP contribution >= 0.6 is 11.6 Å². The SMILES string of the molecule is O=C(O)C1Cc2c(F)cc(Cl)cc2CN1. The van der Waals surface area contributed by atoms with Crippen LogP contribution in [0, 0.1) is 5.82 Å². The van der Waals surface area contributed by atoms with Crippen LogP contribution in [0.1, 0.15) is 11.1 Å². The van der Waals surface area contributed by atoms with E-state index in [9.17, 15) is 9.18 Å². The van der Waals surface area contributed by atoms with Crippen molar-refractivity contribution in [3.63, 3.8) is 0 Å². The number of hydrogen-bond acceptors (Lipinski definition) is 2. The molecule has 0 saturated carbocycles. The molecule has 15 heavy (non-hydrogen) atoms. The van der Waals surface area contributed by atoms with Crippen LogP contribution in [0.3, 0.4) is 0 Å². The highest BCUT2D eigenvalue weighted by molar-refractivity contribution is 6.30. The minimum atomic E-state index is -0.963. The van der Waals surface area contributed by atoms with Gasteiger partial charge in [0.25, 0.3) is 0 Å². The van der Waals surface area contributed by atoms with Gasteiger partial charge in [0.2, 0.25) is 0 Å². The van der Waals surface area contributed by atoms with E-state index in [1.54, 1.807) is 6.07 Å². The van der Waals surface area contributed by atoms with Crippen molar-refractivity contribution in [1.82, 2.24) is 5.32 Å². The van der Waals surface area contributed by atoms with Crippen molar-refractivity contribution in [2.24, 2.45) is 0 Å². The van der Waals surface area contributed by atoms with Gasteiger partial charge in [-0.05, 0) is 23.3 Å². The molecule has 0 spiro atoms. The Morgan fingerprint density at radius 2 is 2.33 bits per heavy atom. The van der Waals surface area contributed by atoms with E-state index in [1.165, 1.54) is 6.07 Å². The van der Waals surface area contributed by atoms with Gasteiger partial charge in [-0.25, -0.2) is 4.39 Å². The lowest BCUT2D eigenvalue weighted by atomic mass is 9.95. The number of hydrogen-bond donors (Lipinski definition) is 2. The summed E-state index contributed by atoms with van der Waals surface area (Å²) in [7, 11) is 0. The lowest BCUT2D eigenvalue weighted by Crippen LogP contribution is -2.42. The number of fused-ring (bicyclic) bond motifs is 1. The first-order chi connectivity index (χ1) is 7.08. The fourth-order valence-corrected chi connectivity index (χ4v) is 1.95. The molecule has 1 unspecified atom stereocenters. The number of carboxylic acid groups (broad SMARTS) is 1. The van der Waals surface area contributed by atoms with Crippen LogP contribution in [0.2, 0.25) is 5.02 Å². The summed E-state index contributed by atoms with van der Waals surface area (Å²) in [6, 6.07) is 2.16. The molecule has 1 aromatic rings. The van der Waals surface area contributed by atoms with Gasteiger partial charge in [0.05, 0.1) is 0 Å². The lowest BCUT2D eigenvalue weighted by molar-refractivity contribution is -0.139. The van der Waals surface area contributed by atoms with Gasteiger partial charge in [0, 0.05) is 18.0 Å². The summed E-state index contributed by atoms with van der Waals surface area (Å²) in [5, 5.41) is 11.9. The Bertz CT molecular complexity index is 422. The van der Waals surface area contributed by atoms with Crippen molar-refractivity contribution in [3.8, 4) is 0 Å². The fourth-order valence-electron chi connectivity index (χ4n) is 1.73. The highest BCUT2D eigenvalue weighted by Gasteiger charge is 2.25. The van der Waals surface area contributed by atoms with Gasteiger partial charge in [-0.1, -0.05) is 11.6 Å². The van der Waals surface area contributed by atoms with Crippen LogP contribution in [-0.4, -0.2) is 17.1 Å². The monoisotopic (exact) mass is 229 g/mol. The van der Waals surface area contributed by atoms with Crippen molar-refractivity contribution < 1.29 is 14.3 Å². The zero-order chi connectivity index (χ0) is 11.0. The van der Waals surface area contributed by atoms with Gasteiger partial charge in [-0.2, -0.15) is 0 Å². The van der Waals surface area contributed by atoms with Gasteiger partial charge in [-0.15, -0.1) is 0 Å². The second kappa shape index (κ2) is 3.79. The first kappa shape index (κ1) is 10.4. The van der Waals surface area contributed by atoms with Crippen LogP contribution in [0.15, 0.2) is 12.1 Å². The lowest BCUT2D eigenvalue weighted by Gasteiger charge is -2.23. The molecule has 0 aromatic heterocycles. The maximum absolute atomic E-state index is 13.5. The molecule has 2 rings (SSSR count). The van der Waals surface area contributed by atoms with E-state index in [4.69, 9.17) is 16.7 Å². The normalized spacial score (nSPS) is 19.7. The smallest absolute Gasteiger partial charge is 0.321 e. The largest absolute Gasteiger partial charge is 0.480 e. The molecule has 2 N–H and O–H groups in total. The zero-order valence-corrected chi connectivity index (χ0v) is 8.51. The van der Waals surface area contributed by atoms with Crippen molar-refractivity contribution in [2.75, 3.05) is 0 Å². The summed E-state index contributed by atoms with van der Waals surface area (Å²) >= 11 is 5.70. The minimum Gasteiger partial charge on any atom is -0.480 e. The predicted octanol–water partition coefficient (Wildman–Crippen LogP) is 1.58. The topological polar surface area (TPSA) is 49.3 Å². The van der Waals surface area contributed by atoms with Crippen LogP contribution < -0.4 is 5.32 Å². The van der Waals surface area contributed by atoms with E-state index in [0.717, 1.165) is 5.56 Å². The van der Waals surface area contributed by atoms with Gasteiger partial charge in [0.15, 0.2) is 0 Å². The molecule has 80 valence electrons. The third kappa shape index (κ3) is 1.96. The summed E-state index contributed by atoms with van der Waals surface area (Å²) in [6.07, 6.45) is 0.160. The maximum atomic E-state index is 13.5. The summed E-state index contributed by atoms with van der Waals surface area (Å²) in [6.45, 7) is 0.337. The van der Waals surface area contributed by atoms with Crippen LogP contribution in [0.25, 0.3) is 0 Å². The van der Waals surface area contributed by atoms with Crippen LogP contribution in [0.4, 0.5) is 4.39 Å². The summed E-state index contributed by atoms with van der Waals surface area (Å²) in [5.41, 5.74) is 1.18. The van der Waals surface area contributed by atoms with E-state index in [-0.39, 0.29) is 6.42 Å². The van der Waals surface area contributed by atoms with E-state index in [2.05, 4.69) is 5.32 Å². The minimum absolute atomic E-state index is 0.160. The molecule has 5 heteroatoms. The molecule has 1 aliphatic rings. The molecule has 0 aliphatic carbocycles. The van der Waals surface area contributed by atoms with Crippen molar-refractivity contribution in [2.45, 2.75) is 19.0 Å². The van der Waals surface area contributed by atoms with Crippen LogP contribution in [0.5, 0.6) is 0 Å². The Labute approximate surface area is 90.9 Å². The third-order valence-electron chi connectivity index (χ3n) is 2.50. The summed E-state index contributed by atoms with van der Waals surface area (Å²) < 4.78 is 13.5. The molecule has 0 fully saturated rings. The molecular formula is C10H9ClFNO2. The molecule has 1 heterocycles. The second-order valence-corrected chi connectivity index (χ2v) is 3.94. The standard InChI is InChI=1S/C10H9ClFNO2/c11-6-1-5-4-13-9(10(14)15)3-7(5)8(12)2-6/h1-2,9,13H,3-4H2,(H,14,15). The third-order valence-corrected chi connectivity index (χ3v) is 2.72. The molecule has 0 saturated heterocycles. The Morgan fingerprint density at radius 1 is 1.60 bits per heavy atom. The highest BCUT2D eigenvalue weighted by atomic mass is 35.5. The Balaban J connectivity index is 2.37. The zero-order valence-electron chi connectivity index (χ0n) is 7.76. The predicted molar refractivity (Wildman–Crippen MR) is 53.4 cm³/mol. The van der Waals surface area contributed by atoms with Crippen molar-refractivity contribution >= 4 is 17.6 Å². The van der Waals surface area contributed by atoms with Crippen molar-refractivity contribution in [3.05, 3.63) is 34.1 Å². The van der Waals surface area contributed by atoms with Crippen LogP contribution in [-0.2, 0) is 17.8 Å². The fraction of sp³-hybridized carbons (Fsp3) is 0.300. The van der Waals surface area contributed by atoms with Gasteiger partial charge in [-0.3, -0.25) is 4.79 Å². The number of carbonyl (C=O) groups is 1. The number of nitrogens with one attached hydrogen (secondary N) is 1. The second-order valence-electron chi connectivity index (χ2n) is 3.50. The number of benzene rings is 1. The maximum Gasteiger partial charge on any atom is 0.321 e. The molecular weight excluding hydrogens is 221 g/mol. The molecule has 1 aliphatic heterocycles. The number of halogens is 2. The Kier molecular flexibility index (Phi) is 2.63. The highest BCUT2D eigenvalue weighted by Crippen LogP contribution is 2.24. The van der Waals surface area contributed by atoms with Gasteiger partial charge >= 0.3 is 5.97 Å². The number of carboxylic acids is 1. The molecule has 0 radical (unpaired) electrons. The molecule has 1 aromatic carbocycles. The molecule has 3 nitrogen and oxygen atoms in total. The first-order valence-electron chi connectivity index (χ1n) is 4.51. The molecule has 0 amide bonds. The number of aliphatic carboxylic acids is 1. The van der Waals surface area contributed by atoms with Gasteiger partial charge < -0.3 is 10.4 Å². The average molecular weight is 230 g/mol. The van der Waals surface area contributed by atoms with E-state index < -0.39 is 17.8 Å². The Hall–Kier alpha value is -1.13. The quantitative estimate of drug-likeness (QED) is 0.769. The van der Waals surface area contributed by atoms with Gasteiger partial charge in [0.1, 0.15) is 11.9 Å². The molecule has 1 atom stereocenters. The van der Waals surface area contributed by atoms with E-state index in [0.29, 0.717) is 17.1 Å². The first-order valence-corrected chi connectivity index (χ1v) is 4.88. The number of rotatable bonds is 1. The molecule has 0 bridgehead atoms. The van der Waals surface area contributed by atoms with E-state index >= 15 is 0 Å². The summed E-state index contributed by atoms with van der Waals surface area (Å²) in [4.78, 5) is 10.7. The summed E-state index contributed by atoms with van der Waals surface area (Å²) in [5.74, 6) is -1.39. The average Bonchev–Trinajstić information content (AvgIpc) is 2.16. The van der Waals surface area contributed by atoms with E-state index in [1.807, 2.05) is 0 Å². The van der Waals surface area contributed by atoms with Crippen molar-refractivity contribution in [1.29, 1.82) is 0 Å². The Morgan fingerprint density at radius 3 is 3.00 bits per heavy atom.